The Bertz CT molecular complexity index is 226. The van der Waals surface area contributed by atoms with Crippen LogP contribution in [0.15, 0.2) is 0 Å². The van der Waals surface area contributed by atoms with Gasteiger partial charge in [0.15, 0.2) is 0 Å². The fraction of sp³-hybridized carbons (Fsp3) is 0.941. The second-order valence-corrected chi connectivity index (χ2v) is 11.8. The number of nitrogens with zero attached hydrogens (tertiary/aromatic N) is 1. The standard InChI is InChI=1S/C7H15NS2.2C5H12/c1-7(2,3)10-6(9)8(4)5;2*1-5(2,3)4/h1-5H3;2*1-4H3. The van der Waals surface area contributed by atoms with Gasteiger partial charge in [0, 0.05) is 18.8 Å². The zero-order chi connectivity index (χ0) is 17.4. The second-order valence-electron chi connectivity index (χ2n) is 9.37. The topological polar surface area (TPSA) is 3.24 Å². The van der Waals surface area contributed by atoms with Crippen LogP contribution in [0.2, 0.25) is 0 Å². The van der Waals surface area contributed by atoms with Crippen LogP contribution in [0.4, 0.5) is 0 Å². The van der Waals surface area contributed by atoms with Gasteiger partial charge in [-0.05, 0) is 10.8 Å². The Labute approximate surface area is 139 Å². The van der Waals surface area contributed by atoms with E-state index in [1.165, 1.54) is 0 Å². The normalized spacial score (nSPS) is 11.7. The number of thiocarbonyl (C=S) groups is 1. The van der Waals surface area contributed by atoms with Crippen molar-refractivity contribution in [1.82, 2.24) is 4.90 Å². The highest BCUT2D eigenvalue weighted by Crippen LogP contribution is 2.25. The van der Waals surface area contributed by atoms with Crippen molar-refractivity contribution >= 4 is 28.3 Å². The van der Waals surface area contributed by atoms with Crippen molar-refractivity contribution in [3.63, 3.8) is 0 Å². The zero-order valence-corrected chi connectivity index (χ0v) is 17.9. The molecule has 0 bridgehead atoms. The van der Waals surface area contributed by atoms with E-state index in [9.17, 15) is 0 Å². The first-order valence-electron chi connectivity index (χ1n) is 7.23. The predicted octanol–water partition coefficient (Wildman–Crippen LogP) is 6.47. The van der Waals surface area contributed by atoms with Gasteiger partial charge >= 0.3 is 0 Å². The molecule has 0 saturated carbocycles. The first-order chi connectivity index (χ1) is 8.33. The van der Waals surface area contributed by atoms with Crippen molar-refractivity contribution in [3.05, 3.63) is 0 Å². The molecule has 0 saturated heterocycles. The summed E-state index contributed by atoms with van der Waals surface area (Å²) in [5, 5.41) is 0. The van der Waals surface area contributed by atoms with Crippen molar-refractivity contribution in [2.75, 3.05) is 14.1 Å². The van der Waals surface area contributed by atoms with Gasteiger partial charge in [-0.1, -0.05) is 100 Å². The Balaban J connectivity index is -0.000000244. The highest BCUT2D eigenvalue weighted by molar-refractivity contribution is 8.23. The Morgan fingerprint density at radius 2 is 0.900 bits per heavy atom. The lowest BCUT2D eigenvalue weighted by molar-refractivity contribution is 0.469. The summed E-state index contributed by atoms with van der Waals surface area (Å²) in [5.74, 6) is 0. The number of hydrogen-bond acceptors (Lipinski definition) is 2. The van der Waals surface area contributed by atoms with Gasteiger partial charge in [-0.25, -0.2) is 0 Å². The van der Waals surface area contributed by atoms with Crippen molar-refractivity contribution in [2.24, 2.45) is 10.8 Å². The average Bonchev–Trinajstić information content (AvgIpc) is 1.92. The Morgan fingerprint density at radius 3 is 0.950 bits per heavy atom. The summed E-state index contributed by atoms with van der Waals surface area (Å²) < 4.78 is 1.19. The van der Waals surface area contributed by atoms with Crippen molar-refractivity contribution in [2.45, 2.75) is 80.9 Å². The SMILES string of the molecule is CC(C)(C)C.CC(C)(C)C.CN(C)C(=S)SC(C)(C)C. The molecule has 0 aliphatic rings. The number of hydrogen-bond donors (Lipinski definition) is 0. The third kappa shape index (κ3) is 63.5. The molecule has 124 valence electrons. The first-order valence-corrected chi connectivity index (χ1v) is 8.46. The summed E-state index contributed by atoms with van der Waals surface area (Å²) in [4.78, 5) is 1.96. The molecule has 0 spiro atoms. The largest absolute Gasteiger partial charge is 0.364 e. The maximum Gasteiger partial charge on any atom is 0.136 e. The molecular formula is C17H39NS2. The summed E-state index contributed by atoms with van der Waals surface area (Å²) in [6.45, 7) is 24.0. The van der Waals surface area contributed by atoms with Gasteiger partial charge in [0.1, 0.15) is 4.32 Å². The maximum atomic E-state index is 5.11. The monoisotopic (exact) mass is 321 g/mol. The second kappa shape index (κ2) is 10.0. The molecule has 0 aliphatic heterocycles. The van der Waals surface area contributed by atoms with E-state index in [-0.39, 0.29) is 4.75 Å². The Morgan fingerprint density at radius 1 is 0.700 bits per heavy atom. The van der Waals surface area contributed by atoms with Crippen LogP contribution in [0.1, 0.15) is 76.2 Å². The van der Waals surface area contributed by atoms with Crippen LogP contribution in [0, 0.1) is 10.8 Å². The van der Waals surface area contributed by atoms with Crippen molar-refractivity contribution in [3.8, 4) is 0 Å². The highest BCUT2D eigenvalue weighted by atomic mass is 32.2. The highest BCUT2D eigenvalue weighted by Gasteiger charge is 2.14. The van der Waals surface area contributed by atoms with E-state index < -0.39 is 0 Å². The molecule has 0 radical (unpaired) electrons. The Hall–Kier alpha value is 0.240. The van der Waals surface area contributed by atoms with Crippen LogP contribution < -0.4 is 0 Å². The minimum Gasteiger partial charge on any atom is -0.364 e. The van der Waals surface area contributed by atoms with Gasteiger partial charge in [0.25, 0.3) is 0 Å². The molecule has 0 N–H and O–H groups in total. The molecule has 0 atom stereocenters. The third-order valence-corrected chi connectivity index (χ3v) is 2.53. The fourth-order valence-electron chi connectivity index (χ4n) is 0.353. The van der Waals surface area contributed by atoms with Crippen LogP contribution in [-0.2, 0) is 0 Å². The van der Waals surface area contributed by atoms with Gasteiger partial charge < -0.3 is 4.90 Å². The maximum absolute atomic E-state index is 5.11. The molecule has 0 aromatic rings. The average molecular weight is 322 g/mol. The molecule has 0 aliphatic carbocycles. The molecule has 0 fully saturated rings. The summed E-state index contributed by atoms with van der Waals surface area (Å²) in [7, 11) is 3.95. The molecule has 0 aromatic carbocycles. The molecule has 0 rings (SSSR count). The minimum absolute atomic E-state index is 0.237. The van der Waals surface area contributed by atoms with E-state index in [1.54, 1.807) is 11.8 Å². The summed E-state index contributed by atoms with van der Waals surface area (Å²) >= 11 is 6.84. The van der Waals surface area contributed by atoms with E-state index in [4.69, 9.17) is 12.2 Å². The lowest BCUT2D eigenvalue weighted by Gasteiger charge is -2.21. The molecule has 0 heterocycles. The van der Waals surface area contributed by atoms with Crippen LogP contribution in [0.25, 0.3) is 0 Å². The van der Waals surface area contributed by atoms with Crippen molar-refractivity contribution in [1.29, 1.82) is 0 Å². The van der Waals surface area contributed by atoms with E-state index in [2.05, 4.69) is 76.2 Å². The van der Waals surface area contributed by atoms with E-state index in [1.807, 2.05) is 19.0 Å². The van der Waals surface area contributed by atoms with E-state index in [0.29, 0.717) is 10.8 Å². The van der Waals surface area contributed by atoms with Gasteiger partial charge in [-0.15, -0.1) is 0 Å². The van der Waals surface area contributed by atoms with Crippen molar-refractivity contribution < 1.29 is 0 Å². The van der Waals surface area contributed by atoms with Gasteiger partial charge in [0.2, 0.25) is 0 Å². The lowest BCUT2D eigenvalue weighted by Crippen LogP contribution is -2.22. The lowest BCUT2D eigenvalue weighted by atomic mass is 10.0. The van der Waals surface area contributed by atoms with Crippen LogP contribution in [-0.4, -0.2) is 28.1 Å². The molecule has 3 heteroatoms. The Kier molecular flexibility index (Phi) is 12.7. The molecule has 20 heavy (non-hydrogen) atoms. The van der Waals surface area contributed by atoms with E-state index in [0.717, 1.165) is 4.32 Å². The molecule has 0 unspecified atom stereocenters. The third-order valence-electron chi connectivity index (χ3n) is 0.759. The van der Waals surface area contributed by atoms with Crippen LogP contribution in [0.3, 0.4) is 0 Å². The van der Waals surface area contributed by atoms with Crippen LogP contribution in [0.5, 0.6) is 0 Å². The smallest absolute Gasteiger partial charge is 0.136 e. The van der Waals surface area contributed by atoms with Crippen LogP contribution >= 0.6 is 24.0 Å². The zero-order valence-electron chi connectivity index (χ0n) is 16.3. The summed E-state index contributed by atoms with van der Waals surface area (Å²) in [6.07, 6.45) is 0. The number of rotatable bonds is 0. The number of thioether (sulfide) groups is 1. The van der Waals surface area contributed by atoms with Gasteiger partial charge in [-0.3, -0.25) is 0 Å². The summed E-state index contributed by atoms with van der Waals surface area (Å²) in [5.41, 5.74) is 1.00. The molecule has 1 nitrogen and oxygen atoms in total. The minimum atomic E-state index is 0.237. The first kappa shape index (κ1) is 25.2. The molecule has 0 aromatic heterocycles. The molecular weight excluding hydrogens is 282 g/mol. The quantitative estimate of drug-likeness (QED) is 0.471. The predicted molar refractivity (Wildman–Crippen MR) is 104 cm³/mol. The molecule has 0 amide bonds. The van der Waals surface area contributed by atoms with Gasteiger partial charge in [0.05, 0.1) is 0 Å². The summed E-state index contributed by atoms with van der Waals surface area (Å²) in [6, 6.07) is 0. The van der Waals surface area contributed by atoms with E-state index >= 15 is 0 Å². The fourth-order valence-corrected chi connectivity index (χ4v) is 1.81. The van der Waals surface area contributed by atoms with Gasteiger partial charge in [-0.2, -0.15) is 0 Å².